The lowest BCUT2D eigenvalue weighted by Gasteiger charge is -2.56. The predicted octanol–water partition coefficient (Wildman–Crippen LogP) is 2.38. The zero-order valence-electron chi connectivity index (χ0n) is 13.7. The molecule has 0 spiro atoms. The van der Waals surface area contributed by atoms with Gasteiger partial charge in [-0.2, -0.15) is 0 Å². The second-order valence-electron chi connectivity index (χ2n) is 8.63. The minimum atomic E-state index is -0.351. The fourth-order valence-electron chi connectivity index (χ4n) is 6.10. The van der Waals surface area contributed by atoms with Crippen molar-refractivity contribution in [3.8, 4) is 0 Å². The van der Waals surface area contributed by atoms with Crippen LogP contribution in [-0.4, -0.2) is 28.5 Å². The van der Waals surface area contributed by atoms with Crippen molar-refractivity contribution in [1.82, 2.24) is 0 Å². The van der Waals surface area contributed by atoms with Gasteiger partial charge in [-0.3, -0.25) is 0 Å². The quantitative estimate of drug-likeness (QED) is 0.602. The van der Waals surface area contributed by atoms with Gasteiger partial charge in [-0.1, -0.05) is 37.6 Å². The summed E-state index contributed by atoms with van der Waals surface area (Å²) < 4.78 is 0. The van der Waals surface area contributed by atoms with Crippen LogP contribution in [0.4, 0.5) is 0 Å². The van der Waals surface area contributed by atoms with Crippen LogP contribution in [0.5, 0.6) is 0 Å². The van der Waals surface area contributed by atoms with Crippen LogP contribution in [0.2, 0.25) is 0 Å². The van der Waals surface area contributed by atoms with Crippen LogP contribution in [0.3, 0.4) is 0 Å². The molecule has 2 saturated carbocycles. The second-order valence-corrected chi connectivity index (χ2v) is 8.63. The van der Waals surface area contributed by atoms with Gasteiger partial charge in [0.25, 0.3) is 0 Å². The number of fused-ring (bicyclic) bond motifs is 5. The van der Waals surface area contributed by atoms with E-state index in [1.807, 2.05) is 6.08 Å². The predicted molar refractivity (Wildman–Crippen MR) is 87.0 cm³/mol. The average Bonchev–Trinajstić information content (AvgIpc) is 2.77. The Kier molecular flexibility index (Phi) is 3.18. The molecule has 0 radical (unpaired) electrons. The maximum atomic E-state index is 10.9. The number of nitrogens with two attached hydrogens (primary N) is 1. The number of aliphatic hydroxyl groups is 2. The lowest BCUT2D eigenvalue weighted by atomic mass is 9.49. The van der Waals surface area contributed by atoms with Crippen molar-refractivity contribution in [2.24, 2.45) is 34.3 Å². The van der Waals surface area contributed by atoms with Gasteiger partial charge < -0.3 is 15.9 Å². The number of rotatable bonds is 0. The smallest absolute Gasteiger partial charge is 0.0724 e. The van der Waals surface area contributed by atoms with E-state index in [0.29, 0.717) is 11.8 Å². The Hall–Kier alpha value is -0.640. The maximum Gasteiger partial charge on any atom is 0.0724 e. The maximum absolute atomic E-state index is 10.9. The van der Waals surface area contributed by atoms with Crippen molar-refractivity contribution in [3.05, 3.63) is 23.8 Å². The first-order chi connectivity index (χ1) is 10.4. The average molecular weight is 303 g/mol. The van der Waals surface area contributed by atoms with Gasteiger partial charge >= 0.3 is 0 Å². The number of aliphatic hydroxyl groups excluding tert-OH is 2. The highest BCUT2D eigenvalue weighted by Gasteiger charge is 2.58. The van der Waals surface area contributed by atoms with Crippen LogP contribution in [0, 0.1) is 28.6 Å². The molecule has 122 valence electrons. The summed E-state index contributed by atoms with van der Waals surface area (Å²) >= 11 is 0. The number of allylic oxidation sites excluding steroid dienone is 2. The molecule has 4 aliphatic rings. The van der Waals surface area contributed by atoms with E-state index in [0.717, 1.165) is 32.1 Å². The summed E-state index contributed by atoms with van der Waals surface area (Å²) in [5, 5.41) is 20.9. The van der Waals surface area contributed by atoms with E-state index in [4.69, 9.17) is 5.73 Å². The lowest BCUT2D eigenvalue weighted by Crippen LogP contribution is -2.53. The van der Waals surface area contributed by atoms with Crippen LogP contribution in [0.1, 0.15) is 46.0 Å². The van der Waals surface area contributed by atoms with E-state index < -0.39 is 0 Å². The third-order valence-electron chi connectivity index (χ3n) is 7.64. The van der Waals surface area contributed by atoms with E-state index in [1.165, 1.54) is 5.57 Å². The third-order valence-corrected chi connectivity index (χ3v) is 7.64. The molecule has 0 saturated heterocycles. The van der Waals surface area contributed by atoms with Crippen LogP contribution in [-0.2, 0) is 0 Å². The molecule has 0 bridgehead atoms. The summed E-state index contributed by atoms with van der Waals surface area (Å²) in [6, 6.07) is 0.261. The standard InChI is InChI=1S/C19H29NO2/c1-18-7-5-12(21)9-11(18)10-15(22)17-13-3-4-16(20)19(13,2)8-6-14(17)18/h5-7,11-13,15-17,21-22H,3-4,8-10,20H2,1-2H3/t11?,12?,13-,15?,16?,17-,18-,19-/m0/s1. The summed E-state index contributed by atoms with van der Waals surface area (Å²) in [6.45, 7) is 4.63. The van der Waals surface area contributed by atoms with Crippen molar-refractivity contribution in [2.75, 3.05) is 0 Å². The Labute approximate surface area is 133 Å². The molecule has 4 aliphatic carbocycles. The van der Waals surface area contributed by atoms with E-state index >= 15 is 0 Å². The van der Waals surface area contributed by atoms with Gasteiger partial charge in [0.15, 0.2) is 0 Å². The van der Waals surface area contributed by atoms with Crippen LogP contribution in [0.25, 0.3) is 0 Å². The molecule has 0 aromatic carbocycles. The van der Waals surface area contributed by atoms with Crippen LogP contribution in [0.15, 0.2) is 23.8 Å². The first-order valence-electron chi connectivity index (χ1n) is 8.88. The van der Waals surface area contributed by atoms with Gasteiger partial charge in [0, 0.05) is 17.4 Å². The van der Waals surface area contributed by atoms with Gasteiger partial charge in [-0.15, -0.1) is 0 Å². The molecule has 4 rings (SSSR count). The fraction of sp³-hybridized carbons (Fsp3) is 0.789. The highest BCUT2D eigenvalue weighted by atomic mass is 16.3. The first-order valence-corrected chi connectivity index (χ1v) is 8.88. The molecular weight excluding hydrogens is 274 g/mol. The molecule has 0 aromatic heterocycles. The molecule has 22 heavy (non-hydrogen) atoms. The van der Waals surface area contributed by atoms with Crippen molar-refractivity contribution in [1.29, 1.82) is 0 Å². The molecule has 0 heterocycles. The Morgan fingerprint density at radius 2 is 1.95 bits per heavy atom. The molecule has 0 aromatic rings. The number of hydrogen-bond acceptors (Lipinski definition) is 3. The van der Waals surface area contributed by atoms with Crippen molar-refractivity contribution < 1.29 is 10.2 Å². The largest absolute Gasteiger partial charge is 0.392 e. The molecule has 3 heteroatoms. The van der Waals surface area contributed by atoms with E-state index in [9.17, 15) is 10.2 Å². The Bertz CT molecular complexity index is 542. The summed E-state index contributed by atoms with van der Waals surface area (Å²) in [4.78, 5) is 0. The monoisotopic (exact) mass is 303 g/mol. The molecule has 4 unspecified atom stereocenters. The molecule has 0 amide bonds. The fourth-order valence-corrected chi connectivity index (χ4v) is 6.10. The number of hydrogen-bond donors (Lipinski definition) is 3. The highest BCUT2D eigenvalue weighted by molar-refractivity contribution is 5.35. The van der Waals surface area contributed by atoms with Gasteiger partial charge in [-0.25, -0.2) is 0 Å². The van der Waals surface area contributed by atoms with Crippen LogP contribution < -0.4 is 5.73 Å². The Balaban J connectivity index is 1.78. The lowest BCUT2D eigenvalue weighted by molar-refractivity contribution is -0.0340. The topological polar surface area (TPSA) is 66.5 Å². The molecule has 4 N–H and O–H groups in total. The van der Waals surface area contributed by atoms with Gasteiger partial charge in [0.1, 0.15) is 0 Å². The molecule has 0 aliphatic heterocycles. The zero-order valence-corrected chi connectivity index (χ0v) is 13.7. The summed E-state index contributed by atoms with van der Waals surface area (Å²) in [5.74, 6) is 1.12. The minimum absolute atomic E-state index is 0.0111. The van der Waals surface area contributed by atoms with E-state index in [2.05, 4.69) is 26.0 Å². The molecular formula is C19H29NO2. The normalized spacial score (nSPS) is 56.9. The van der Waals surface area contributed by atoms with Gasteiger partial charge in [0.2, 0.25) is 0 Å². The van der Waals surface area contributed by atoms with E-state index in [1.54, 1.807) is 0 Å². The summed E-state index contributed by atoms with van der Waals surface area (Å²) in [7, 11) is 0. The van der Waals surface area contributed by atoms with Crippen molar-refractivity contribution >= 4 is 0 Å². The Morgan fingerprint density at radius 3 is 2.73 bits per heavy atom. The van der Waals surface area contributed by atoms with Crippen LogP contribution >= 0.6 is 0 Å². The zero-order chi connectivity index (χ0) is 15.7. The van der Waals surface area contributed by atoms with Gasteiger partial charge in [-0.05, 0) is 49.4 Å². The third kappa shape index (κ3) is 1.79. The molecule has 8 atom stereocenters. The Morgan fingerprint density at radius 1 is 1.18 bits per heavy atom. The molecule has 2 fully saturated rings. The summed E-state index contributed by atoms with van der Waals surface area (Å²) in [6.07, 6.45) is 10.8. The second kappa shape index (κ2) is 4.68. The van der Waals surface area contributed by atoms with E-state index in [-0.39, 0.29) is 35.0 Å². The van der Waals surface area contributed by atoms with Gasteiger partial charge in [0.05, 0.1) is 12.2 Å². The van der Waals surface area contributed by atoms with Crippen molar-refractivity contribution in [3.63, 3.8) is 0 Å². The highest BCUT2D eigenvalue weighted by Crippen LogP contribution is 2.62. The SMILES string of the molecule is C[C@]12C=CC(O)CC1CC(O)[C@@H]1C2=CC[C@]2(C)C(N)CC[C@@H]12. The summed E-state index contributed by atoms with van der Waals surface area (Å²) in [5.41, 5.74) is 8.00. The minimum Gasteiger partial charge on any atom is -0.392 e. The first kappa shape index (κ1) is 14.9. The van der Waals surface area contributed by atoms with Crippen molar-refractivity contribution in [2.45, 2.75) is 64.2 Å². The molecule has 3 nitrogen and oxygen atoms in total.